The third-order valence-corrected chi connectivity index (χ3v) is 3.24. The first-order valence-corrected chi connectivity index (χ1v) is 6.39. The normalized spacial score (nSPS) is 15.9. The first kappa shape index (κ1) is 11.6. The zero-order valence-corrected chi connectivity index (χ0v) is 10.7. The van der Waals surface area contributed by atoms with Crippen LogP contribution >= 0.6 is 11.6 Å². The number of hydrogen-bond acceptors (Lipinski definition) is 3. The van der Waals surface area contributed by atoms with Gasteiger partial charge in [0.15, 0.2) is 0 Å². The van der Waals surface area contributed by atoms with Gasteiger partial charge >= 0.3 is 0 Å². The highest BCUT2D eigenvalue weighted by Gasteiger charge is 2.26. The zero-order chi connectivity index (χ0) is 11.5. The monoisotopic (exact) mass is 239 g/mol. The molecule has 1 aromatic heterocycles. The van der Waals surface area contributed by atoms with E-state index in [2.05, 4.69) is 14.9 Å². The van der Waals surface area contributed by atoms with Gasteiger partial charge in [0.1, 0.15) is 0 Å². The minimum Gasteiger partial charge on any atom is -0.337 e. The molecule has 1 heterocycles. The van der Waals surface area contributed by atoms with Crippen LogP contribution < -0.4 is 4.90 Å². The van der Waals surface area contributed by atoms with Crippen LogP contribution in [0, 0.1) is 13.8 Å². The van der Waals surface area contributed by atoms with E-state index >= 15 is 0 Å². The molecule has 1 aliphatic carbocycles. The predicted molar refractivity (Wildman–Crippen MR) is 67.2 cm³/mol. The average molecular weight is 240 g/mol. The maximum atomic E-state index is 5.85. The van der Waals surface area contributed by atoms with Gasteiger partial charge in [-0.25, -0.2) is 9.97 Å². The molecule has 1 fully saturated rings. The summed E-state index contributed by atoms with van der Waals surface area (Å²) in [4.78, 5) is 11.3. The Labute approximate surface area is 102 Å². The molecule has 16 heavy (non-hydrogen) atoms. The van der Waals surface area contributed by atoms with E-state index in [-0.39, 0.29) is 0 Å². The van der Waals surface area contributed by atoms with Crippen LogP contribution in [0.3, 0.4) is 0 Å². The van der Waals surface area contributed by atoms with Gasteiger partial charge in [-0.05, 0) is 39.2 Å². The number of aryl methyl sites for hydroxylation is 2. The summed E-state index contributed by atoms with van der Waals surface area (Å²) in [6.45, 7) is 4.87. The third-order valence-electron chi connectivity index (χ3n) is 3.07. The molecular weight excluding hydrogens is 222 g/mol. The van der Waals surface area contributed by atoms with Crippen LogP contribution in [0.5, 0.6) is 0 Å². The summed E-state index contributed by atoms with van der Waals surface area (Å²) in [7, 11) is 0. The number of aromatic nitrogens is 2. The topological polar surface area (TPSA) is 29.0 Å². The second-order valence-corrected chi connectivity index (χ2v) is 4.80. The van der Waals surface area contributed by atoms with Crippen molar-refractivity contribution in [2.75, 3.05) is 17.3 Å². The minimum atomic E-state index is 0.597. The van der Waals surface area contributed by atoms with Crippen LogP contribution in [0.4, 0.5) is 5.95 Å². The zero-order valence-electron chi connectivity index (χ0n) is 9.91. The van der Waals surface area contributed by atoms with Crippen molar-refractivity contribution in [2.45, 2.75) is 39.2 Å². The standard InChI is InChI=1S/C12H18ClN3/c1-9-8-10(2)15-12(14-9)16(7-6-13)11-4-3-5-11/h8,11H,3-7H2,1-2H3. The van der Waals surface area contributed by atoms with E-state index in [0.717, 1.165) is 23.9 Å². The Hall–Kier alpha value is -0.830. The quantitative estimate of drug-likeness (QED) is 0.757. The fourth-order valence-electron chi connectivity index (χ4n) is 2.07. The molecule has 0 aromatic carbocycles. The number of rotatable bonds is 4. The van der Waals surface area contributed by atoms with E-state index < -0.39 is 0 Å². The van der Waals surface area contributed by atoms with E-state index in [1.165, 1.54) is 19.3 Å². The average Bonchev–Trinajstić information content (AvgIpc) is 2.12. The first-order chi connectivity index (χ1) is 7.70. The van der Waals surface area contributed by atoms with Gasteiger partial charge in [-0.1, -0.05) is 0 Å². The predicted octanol–water partition coefficient (Wildman–Crippen LogP) is 2.69. The van der Waals surface area contributed by atoms with Gasteiger partial charge in [-0.3, -0.25) is 0 Å². The number of nitrogens with zero attached hydrogens (tertiary/aromatic N) is 3. The summed E-state index contributed by atoms with van der Waals surface area (Å²) in [5.74, 6) is 1.48. The van der Waals surface area contributed by atoms with E-state index in [4.69, 9.17) is 11.6 Å². The van der Waals surface area contributed by atoms with Crippen molar-refractivity contribution in [3.63, 3.8) is 0 Å². The summed E-state index contributed by atoms with van der Waals surface area (Å²) in [6, 6.07) is 2.60. The highest BCUT2D eigenvalue weighted by Crippen LogP contribution is 2.27. The molecule has 0 amide bonds. The Bertz CT molecular complexity index is 343. The van der Waals surface area contributed by atoms with E-state index in [1.54, 1.807) is 0 Å². The molecule has 0 unspecified atom stereocenters. The molecule has 0 N–H and O–H groups in total. The third kappa shape index (κ3) is 2.46. The molecule has 1 aliphatic rings. The number of anilines is 1. The lowest BCUT2D eigenvalue weighted by atomic mass is 9.92. The second-order valence-electron chi connectivity index (χ2n) is 4.42. The Balaban J connectivity index is 2.22. The van der Waals surface area contributed by atoms with Crippen molar-refractivity contribution in [1.82, 2.24) is 9.97 Å². The van der Waals surface area contributed by atoms with Crippen LogP contribution in [0.2, 0.25) is 0 Å². The first-order valence-electron chi connectivity index (χ1n) is 5.85. The van der Waals surface area contributed by atoms with E-state index in [0.29, 0.717) is 11.9 Å². The van der Waals surface area contributed by atoms with Crippen molar-refractivity contribution in [2.24, 2.45) is 0 Å². The lowest BCUT2D eigenvalue weighted by Gasteiger charge is -2.37. The van der Waals surface area contributed by atoms with Crippen LogP contribution in [-0.4, -0.2) is 28.4 Å². The van der Waals surface area contributed by atoms with Crippen LogP contribution in [0.1, 0.15) is 30.7 Å². The molecule has 1 aromatic rings. The lowest BCUT2D eigenvalue weighted by molar-refractivity contribution is 0.386. The molecule has 2 rings (SSSR count). The van der Waals surface area contributed by atoms with Crippen LogP contribution in [0.25, 0.3) is 0 Å². The van der Waals surface area contributed by atoms with Gasteiger partial charge in [0.25, 0.3) is 0 Å². The van der Waals surface area contributed by atoms with Crippen molar-refractivity contribution in [3.05, 3.63) is 17.5 Å². The van der Waals surface area contributed by atoms with Crippen molar-refractivity contribution in [1.29, 1.82) is 0 Å². The second kappa shape index (κ2) is 5.00. The molecule has 4 heteroatoms. The van der Waals surface area contributed by atoms with Gasteiger partial charge in [0, 0.05) is 29.9 Å². The fraction of sp³-hybridized carbons (Fsp3) is 0.667. The molecule has 0 aliphatic heterocycles. The maximum absolute atomic E-state index is 5.85. The molecular formula is C12H18ClN3. The van der Waals surface area contributed by atoms with Gasteiger partial charge in [-0.15, -0.1) is 11.6 Å². The van der Waals surface area contributed by atoms with Gasteiger partial charge in [0.05, 0.1) is 0 Å². The molecule has 0 saturated heterocycles. The molecule has 88 valence electrons. The summed E-state index contributed by atoms with van der Waals surface area (Å²) < 4.78 is 0. The van der Waals surface area contributed by atoms with Gasteiger partial charge < -0.3 is 4.90 Å². The fourth-order valence-corrected chi connectivity index (χ4v) is 2.25. The smallest absolute Gasteiger partial charge is 0.226 e. The molecule has 0 spiro atoms. The summed E-state index contributed by atoms with van der Waals surface area (Å²) >= 11 is 5.85. The Morgan fingerprint density at radius 2 is 1.94 bits per heavy atom. The summed E-state index contributed by atoms with van der Waals surface area (Å²) in [6.07, 6.45) is 3.80. The number of alkyl halides is 1. The van der Waals surface area contributed by atoms with Crippen molar-refractivity contribution < 1.29 is 0 Å². The van der Waals surface area contributed by atoms with Gasteiger partial charge in [-0.2, -0.15) is 0 Å². The summed E-state index contributed by atoms with van der Waals surface area (Å²) in [5.41, 5.74) is 2.06. The Kier molecular flexibility index (Phi) is 3.64. The lowest BCUT2D eigenvalue weighted by Crippen LogP contribution is -2.42. The van der Waals surface area contributed by atoms with Crippen molar-refractivity contribution >= 4 is 17.5 Å². The molecule has 1 saturated carbocycles. The van der Waals surface area contributed by atoms with Crippen molar-refractivity contribution in [3.8, 4) is 0 Å². The maximum Gasteiger partial charge on any atom is 0.226 e. The van der Waals surface area contributed by atoms with Gasteiger partial charge in [0.2, 0.25) is 5.95 Å². The Morgan fingerprint density at radius 1 is 1.31 bits per heavy atom. The van der Waals surface area contributed by atoms with Crippen LogP contribution in [-0.2, 0) is 0 Å². The largest absolute Gasteiger partial charge is 0.337 e. The SMILES string of the molecule is Cc1cc(C)nc(N(CCCl)C2CCC2)n1. The highest BCUT2D eigenvalue weighted by atomic mass is 35.5. The molecule has 0 atom stereocenters. The molecule has 0 bridgehead atoms. The molecule has 3 nitrogen and oxygen atoms in total. The highest BCUT2D eigenvalue weighted by molar-refractivity contribution is 6.18. The summed E-state index contributed by atoms with van der Waals surface area (Å²) in [5, 5.41) is 0. The minimum absolute atomic E-state index is 0.597. The molecule has 0 radical (unpaired) electrons. The van der Waals surface area contributed by atoms with E-state index in [1.807, 2.05) is 19.9 Å². The Morgan fingerprint density at radius 3 is 2.38 bits per heavy atom. The number of halogens is 1. The number of hydrogen-bond donors (Lipinski definition) is 0. The van der Waals surface area contributed by atoms with E-state index in [9.17, 15) is 0 Å². The van der Waals surface area contributed by atoms with Crippen LogP contribution in [0.15, 0.2) is 6.07 Å².